The van der Waals surface area contributed by atoms with E-state index in [4.69, 9.17) is 9.97 Å². The molecule has 6 heteroatoms. The van der Waals surface area contributed by atoms with Crippen LogP contribution < -0.4 is 10.2 Å². The maximum Gasteiger partial charge on any atom is 0.229 e. The first-order valence-electron chi connectivity index (χ1n) is 9.06. The highest BCUT2D eigenvalue weighted by atomic mass is 15.3. The molecule has 0 amide bonds. The molecule has 2 N–H and O–H groups in total. The maximum atomic E-state index is 4.85. The lowest BCUT2D eigenvalue weighted by atomic mass is 10.1. The van der Waals surface area contributed by atoms with E-state index >= 15 is 0 Å². The van der Waals surface area contributed by atoms with E-state index < -0.39 is 0 Å². The normalized spacial score (nSPS) is 16.3. The Labute approximate surface area is 144 Å². The van der Waals surface area contributed by atoms with Crippen LogP contribution in [0.4, 0.5) is 11.8 Å². The zero-order chi connectivity index (χ0) is 17.1. The molecule has 0 aromatic carbocycles. The Morgan fingerprint density at radius 3 is 2.75 bits per heavy atom. The smallest absolute Gasteiger partial charge is 0.229 e. The van der Waals surface area contributed by atoms with E-state index in [1.54, 1.807) is 0 Å². The van der Waals surface area contributed by atoms with Crippen LogP contribution in [0.15, 0.2) is 6.07 Å². The van der Waals surface area contributed by atoms with Crippen LogP contribution in [0.25, 0.3) is 11.0 Å². The average Bonchev–Trinajstić information content (AvgIpc) is 3.15. The predicted molar refractivity (Wildman–Crippen MR) is 101 cm³/mol. The Bertz CT molecular complexity index is 671. The van der Waals surface area contributed by atoms with E-state index in [0.717, 1.165) is 54.5 Å². The SMILES string of the molecule is Cc1cc2c(NC(C)CCCN(C)C)nc(N3CCCC3)nc2[nH]1. The minimum Gasteiger partial charge on any atom is -0.367 e. The second-order valence-corrected chi connectivity index (χ2v) is 7.27. The van der Waals surface area contributed by atoms with Gasteiger partial charge in [0.05, 0.1) is 5.39 Å². The summed E-state index contributed by atoms with van der Waals surface area (Å²) in [4.78, 5) is 17.5. The molecule has 2 aromatic heterocycles. The first-order chi connectivity index (χ1) is 11.5. The van der Waals surface area contributed by atoms with Crippen molar-refractivity contribution in [2.24, 2.45) is 0 Å². The highest BCUT2D eigenvalue weighted by molar-refractivity contribution is 5.89. The second kappa shape index (κ2) is 7.38. The number of hydrogen-bond donors (Lipinski definition) is 2. The van der Waals surface area contributed by atoms with Crippen molar-refractivity contribution in [2.75, 3.05) is 43.9 Å². The molecule has 1 atom stereocenters. The number of nitrogens with zero attached hydrogens (tertiary/aromatic N) is 4. The average molecular weight is 330 g/mol. The third-order valence-electron chi connectivity index (χ3n) is 4.62. The summed E-state index contributed by atoms with van der Waals surface area (Å²) in [6, 6.07) is 2.53. The van der Waals surface area contributed by atoms with Crippen LogP contribution >= 0.6 is 0 Å². The third-order valence-corrected chi connectivity index (χ3v) is 4.62. The van der Waals surface area contributed by atoms with E-state index in [-0.39, 0.29) is 0 Å². The molecule has 24 heavy (non-hydrogen) atoms. The van der Waals surface area contributed by atoms with Gasteiger partial charge in [-0.25, -0.2) is 0 Å². The molecule has 1 unspecified atom stereocenters. The lowest BCUT2D eigenvalue weighted by molar-refractivity contribution is 0.390. The van der Waals surface area contributed by atoms with Gasteiger partial charge >= 0.3 is 0 Å². The number of fused-ring (bicyclic) bond motifs is 1. The number of aromatic nitrogens is 3. The first kappa shape index (κ1) is 17.0. The zero-order valence-corrected chi connectivity index (χ0v) is 15.4. The van der Waals surface area contributed by atoms with Gasteiger partial charge in [0.2, 0.25) is 5.95 Å². The molecule has 6 nitrogen and oxygen atoms in total. The Morgan fingerprint density at radius 2 is 2.04 bits per heavy atom. The van der Waals surface area contributed by atoms with Crippen molar-refractivity contribution >= 4 is 22.8 Å². The lowest BCUT2D eigenvalue weighted by Crippen LogP contribution is -2.23. The molecule has 1 aliphatic rings. The van der Waals surface area contributed by atoms with Crippen LogP contribution in [0.3, 0.4) is 0 Å². The van der Waals surface area contributed by atoms with Gasteiger partial charge in [-0.1, -0.05) is 0 Å². The van der Waals surface area contributed by atoms with E-state index in [2.05, 4.69) is 54.1 Å². The Kier molecular flexibility index (Phi) is 5.23. The Hall–Kier alpha value is -1.82. The molecule has 3 rings (SSSR count). The molecule has 0 bridgehead atoms. The van der Waals surface area contributed by atoms with Crippen LogP contribution in [0.1, 0.15) is 38.3 Å². The molecule has 1 aliphatic heterocycles. The Morgan fingerprint density at radius 1 is 1.29 bits per heavy atom. The van der Waals surface area contributed by atoms with Gasteiger partial charge in [0, 0.05) is 24.8 Å². The molecule has 2 aromatic rings. The monoisotopic (exact) mass is 330 g/mol. The van der Waals surface area contributed by atoms with Gasteiger partial charge in [0.25, 0.3) is 0 Å². The molecule has 3 heterocycles. The highest BCUT2D eigenvalue weighted by Crippen LogP contribution is 2.26. The highest BCUT2D eigenvalue weighted by Gasteiger charge is 2.19. The van der Waals surface area contributed by atoms with Gasteiger partial charge in [-0.2, -0.15) is 9.97 Å². The molecule has 0 radical (unpaired) electrons. The summed E-state index contributed by atoms with van der Waals surface area (Å²) in [5.41, 5.74) is 2.06. The number of aryl methyl sites for hydroxylation is 1. The van der Waals surface area contributed by atoms with Gasteiger partial charge in [0.15, 0.2) is 0 Å². The minimum atomic E-state index is 0.393. The van der Waals surface area contributed by atoms with Crippen LogP contribution in [-0.2, 0) is 0 Å². The molecule has 132 valence electrons. The van der Waals surface area contributed by atoms with Crippen molar-refractivity contribution in [1.29, 1.82) is 0 Å². The summed E-state index contributed by atoms with van der Waals surface area (Å²) < 4.78 is 0. The van der Waals surface area contributed by atoms with Crippen molar-refractivity contribution in [3.8, 4) is 0 Å². The summed E-state index contributed by atoms with van der Waals surface area (Å²) in [5.74, 6) is 1.81. The number of anilines is 2. The molecule has 1 fully saturated rings. The summed E-state index contributed by atoms with van der Waals surface area (Å²) in [6.07, 6.45) is 4.77. The fourth-order valence-corrected chi connectivity index (χ4v) is 3.32. The number of nitrogens with one attached hydrogen (secondary N) is 2. The van der Waals surface area contributed by atoms with Gasteiger partial charge in [-0.15, -0.1) is 0 Å². The second-order valence-electron chi connectivity index (χ2n) is 7.27. The van der Waals surface area contributed by atoms with Crippen molar-refractivity contribution in [1.82, 2.24) is 19.9 Å². The number of H-pyrrole nitrogens is 1. The van der Waals surface area contributed by atoms with Crippen LogP contribution in [0.2, 0.25) is 0 Å². The van der Waals surface area contributed by atoms with Crippen molar-refractivity contribution in [3.05, 3.63) is 11.8 Å². The lowest BCUT2D eigenvalue weighted by Gasteiger charge is -2.19. The molecular formula is C18H30N6. The molecule has 1 saturated heterocycles. The molecule has 0 aliphatic carbocycles. The summed E-state index contributed by atoms with van der Waals surface area (Å²) in [5, 5.41) is 4.71. The summed E-state index contributed by atoms with van der Waals surface area (Å²) >= 11 is 0. The third kappa shape index (κ3) is 3.98. The predicted octanol–water partition coefficient (Wildman–Crippen LogP) is 3.01. The molecule has 0 spiro atoms. The van der Waals surface area contributed by atoms with Crippen molar-refractivity contribution in [2.45, 2.75) is 45.6 Å². The van der Waals surface area contributed by atoms with Crippen LogP contribution in [0, 0.1) is 6.92 Å². The summed E-state index contributed by atoms with van der Waals surface area (Å²) in [6.45, 7) is 7.54. The standard InChI is InChI=1S/C18H30N6/c1-13(8-7-9-23(3)4)19-16-15-12-14(2)20-17(15)22-18(21-16)24-10-5-6-11-24/h12-13H,5-11H2,1-4H3,(H2,19,20,21,22). The summed E-state index contributed by atoms with van der Waals surface area (Å²) in [7, 11) is 4.24. The van der Waals surface area contributed by atoms with Gasteiger partial charge in [-0.05, 0) is 66.2 Å². The van der Waals surface area contributed by atoms with Crippen molar-refractivity contribution < 1.29 is 0 Å². The van der Waals surface area contributed by atoms with Crippen molar-refractivity contribution in [3.63, 3.8) is 0 Å². The minimum absolute atomic E-state index is 0.393. The number of hydrogen-bond acceptors (Lipinski definition) is 5. The fraction of sp³-hybridized carbons (Fsp3) is 0.667. The van der Waals surface area contributed by atoms with E-state index in [9.17, 15) is 0 Å². The Balaban J connectivity index is 1.79. The topological polar surface area (TPSA) is 60.1 Å². The van der Waals surface area contributed by atoms with E-state index in [1.807, 2.05) is 0 Å². The number of rotatable bonds is 7. The van der Waals surface area contributed by atoms with Crippen LogP contribution in [0.5, 0.6) is 0 Å². The van der Waals surface area contributed by atoms with E-state index in [0.29, 0.717) is 6.04 Å². The van der Waals surface area contributed by atoms with E-state index in [1.165, 1.54) is 19.3 Å². The van der Waals surface area contributed by atoms with Gasteiger partial charge in [0.1, 0.15) is 11.5 Å². The zero-order valence-electron chi connectivity index (χ0n) is 15.4. The quantitative estimate of drug-likeness (QED) is 0.817. The van der Waals surface area contributed by atoms with Crippen LogP contribution in [-0.4, -0.2) is 59.6 Å². The molecular weight excluding hydrogens is 300 g/mol. The first-order valence-corrected chi connectivity index (χ1v) is 9.06. The maximum absolute atomic E-state index is 4.85. The number of aromatic amines is 1. The molecule has 0 saturated carbocycles. The largest absolute Gasteiger partial charge is 0.367 e. The van der Waals surface area contributed by atoms with Gasteiger partial charge in [-0.3, -0.25) is 0 Å². The fourth-order valence-electron chi connectivity index (χ4n) is 3.32. The van der Waals surface area contributed by atoms with Gasteiger partial charge < -0.3 is 20.1 Å².